The van der Waals surface area contributed by atoms with Crippen LogP contribution in [0.3, 0.4) is 0 Å². The number of methoxy groups -OCH3 is 1. The highest BCUT2D eigenvalue weighted by atomic mass is 79.9. The van der Waals surface area contributed by atoms with Crippen molar-refractivity contribution >= 4 is 44.8 Å². The van der Waals surface area contributed by atoms with Gasteiger partial charge in [-0.25, -0.2) is 0 Å². The summed E-state index contributed by atoms with van der Waals surface area (Å²) in [6, 6.07) is 17.9. The van der Waals surface area contributed by atoms with Gasteiger partial charge in [0, 0.05) is 27.9 Å². The third-order valence-corrected chi connectivity index (χ3v) is 5.86. The summed E-state index contributed by atoms with van der Waals surface area (Å²) < 4.78 is 5.98. The first-order valence-corrected chi connectivity index (χ1v) is 10.6. The molecular formula is C24H17BrN2O6. The van der Waals surface area contributed by atoms with Crippen LogP contribution in [0.4, 0.5) is 11.4 Å². The first-order chi connectivity index (χ1) is 15.8. The van der Waals surface area contributed by atoms with Crippen molar-refractivity contribution < 1.29 is 24.4 Å². The van der Waals surface area contributed by atoms with Crippen molar-refractivity contribution in [1.82, 2.24) is 0 Å². The van der Waals surface area contributed by atoms with Crippen molar-refractivity contribution in [3.63, 3.8) is 0 Å². The van der Waals surface area contributed by atoms with Gasteiger partial charge in [0.05, 0.1) is 23.6 Å². The van der Waals surface area contributed by atoms with Crippen molar-refractivity contribution in [1.29, 1.82) is 0 Å². The molecule has 1 heterocycles. The van der Waals surface area contributed by atoms with Gasteiger partial charge in [-0.15, -0.1) is 0 Å². The first kappa shape index (κ1) is 22.2. The van der Waals surface area contributed by atoms with Gasteiger partial charge >= 0.3 is 0 Å². The second-order valence-corrected chi connectivity index (χ2v) is 8.14. The molecule has 1 fully saturated rings. The predicted octanol–water partition coefficient (Wildman–Crippen LogP) is 4.99. The summed E-state index contributed by atoms with van der Waals surface area (Å²) in [6.07, 6.45) is 0. The number of carbonyl (C=O) groups is 2. The van der Waals surface area contributed by atoms with Crippen LogP contribution in [0, 0.1) is 10.1 Å². The van der Waals surface area contributed by atoms with Crippen LogP contribution in [-0.2, 0) is 9.59 Å². The number of nitro groups is 1. The summed E-state index contributed by atoms with van der Waals surface area (Å²) in [7, 11) is 1.52. The van der Waals surface area contributed by atoms with Crippen LogP contribution >= 0.6 is 15.9 Å². The third-order valence-electron chi connectivity index (χ3n) is 5.33. The molecule has 1 atom stereocenters. The number of non-ortho nitro benzene ring substituents is 1. The van der Waals surface area contributed by atoms with Gasteiger partial charge in [0.2, 0.25) is 0 Å². The Morgan fingerprint density at radius 3 is 2.15 bits per heavy atom. The number of aliphatic hydroxyl groups is 1. The standard InChI is InChI=1S/C24H17BrN2O6/c1-33-19-12-10-17(11-13-19)26-21(14-2-6-16(25)7-3-14)20(23(29)24(26)30)22(28)15-4-8-18(9-5-15)27(31)32/h2-13,21,28H,1H3/t21-/m1/s1. The summed E-state index contributed by atoms with van der Waals surface area (Å²) in [5.74, 6) is -1.47. The van der Waals surface area contributed by atoms with E-state index in [1.54, 1.807) is 48.5 Å². The van der Waals surface area contributed by atoms with E-state index in [4.69, 9.17) is 4.74 Å². The van der Waals surface area contributed by atoms with Gasteiger partial charge in [-0.2, -0.15) is 0 Å². The maximum atomic E-state index is 13.1. The largest absolute Gasteiger partial charge is 0.507 e. The van der Waals surface area contributed by atoms with Crippen LogP contribution in [0.1, 0.15) is 17.2 Å². The van der Waals surface area contributed by atoms with Gasteiger partial charge < -0.3 is 9.84 Å². The number of halogens is 1. The highest BCUT2D eigenvalue weighted by molar-refractivity contribution is 9.10. The molecule has 1 aliphatic rings. The maximum absolute atomic E-state index is 13.1. The number of Topliss-reactive ketones (excluding diaryl/α,β-unsaturated/α-hetero) is 1. The molecule has 3 aromatic carbocycles. The fourth-order valence-electron chi connectivity index (χ4n) is 3.70. The molecule has 0 radical (unpaired) electrons. The molecular weight excluding hydrogens is 492 g/mol. The smallest absolute Gasteiger partial charge is 0.300 e. The number of hydrogen-bond acceptors (Lipinski definition) is 6. The van der Waals surface area contributed by atoms with Crippen LogP contribution < -0.4 is 9.64 Å². The molecule has 166 valence electrons. The zero-order chi connectivity index (χ0) is 23.7. The lowest BCUT2D eigenvalue weighted by Crippen LogP contribution is -2.29. The molecule has 1 saturated heterocycles. The third kappa shape index (κ3) is 4.10. The number of benzene rings is 3. The van der Waals surface area contributed by atoms with E-state index in [1.807, 2.05) is 0 Å². The van der Waals surface area contributed by atoms with Gasteiger partial charge in [0.15, 0.2) is 0 Å². The minimum atomic E-state index is -0.901. The quantitative estimate of drug-likeness (QED) is 0.171. The Kier molecular flexibility index (Phi) is 5.97. The monoisotopic (exact) mass is 508 g/mol. The molecule has 8 nitrogen and oxygen atoms in total. The van der Waals surface area contributed by atoms with E-state index < -0.39 is 28.4 Å². The summed E-state index contributed by atoms with van der Waals surface area (Å²) in [4.78, 5) is 37.9. The molecule has 0 spiro atoms. The number of ether oxygens (including phenoxy) is 1. The van der Waals surface area contributed by atoms with E-state index in [-0.39, 0.29) is 16.8 Å². The number of nitrogens with zero attached hydrogens (tertiary/aromatic N) is 2. The van der Waals surface area contributed by atoms with Crippen molar-refractivity contribution in [3.05, 3.63) is 104 Å². The Hall–Kier alpha value is -3.98. The average Bonchev–Trinajstić information content (AvgIpc) is 3.09. The number of anilines is 1. The van der Waals surface area contributed by atoms with Crippen molar-refractivity contribution in [2.45, 2.75) is 6.04 Å². The molecule has 0 aromatic heterocycles. The molecule has 4 rings (SSSR count). The highest BCUT2D eigenvalue weighted by Crippen LogP contribution is 2.42. The number of hydrogen-bond donors (Lipinski definition) is 1. The van der Waals surface area contributed by atoms with Gasteiger partial charge in [0.25, 0.3) is 17.4 Å². The van der Waals surface area contributed by atoms with E-state index >= 15 is 0 Å². The van der Waals surface area contributed by atoms with Crippen molar-refractivity contribution in [3.8, 4) is 5.75 Å². The topological polar surface area (TPSA) is 110 Å². The predicted molar refractivity (Wildman–Crippen MR) is 125 cm³/mol. The summed E-state index contributed by atoms with van der Waals surface area (Å²) >= 11 is 3.38. The SMILES string of the molecule is COc1ccc(N2C(=O)C(=O)C(=C(O)c3ccc([N+](=O)[O-])cc3)[C@H]2c2ccc(Br)cc2)cc1. The van der Waals surface area contributed by atoms with Gasteiger partial charge in [-0.1, -0.05) is 28.1 Å². The van der Waals surface area contributed by atoms with E-state index in [0.29, 0.717) is 17.0 Å². The number of carbonyl (C=O) groups excluding carboxylic acids is 2. The summed E-state index contributed by atoms with van der Waals surface area (Å²) in [5, 5.41) is 22.0. The fourth-order valence-corrected chi connectivity index (χ4v) is 3.96. The molecule has 9 heteroatoms. The number of rotatable bonds is 5. The summed E-state index contributed by atoms with van der Waals surface area (Å²) in [6.45, 7) is 0. The number of ketones is 1. The zero-order valence-corrected chi connectivity index (χ0v) is 18.9. The molecule has 33 heavy (non-hydrogen) atoms. The van der Waals surface area contributed by atoms with Crippen LogP contribution in [0.25, 0.3) is 5.76 Å². The summed E-state index contributed by atoms with van der Waals surface area (Å²) in [5.41, 5.74) is 0.988. The molecule has 3 aromatic rings. The van der Waals surface area contributed by atoms with Gasteiger partial charge in [-0.05, 0) is 54.1 Å². The fraction of sp³-hybridized carbons (Fsp3) is 0.0833. The van der Waals surface area contributed by atoms with Crippen molar-refractivity contribution in [2.75, 3.05) is 12.0 Å². The number of aliphatic hydroxyl groups excluding tert-OH is 1. The zero-order valence-electron chi connectivity index (χ0n) is 17.3. The lowest BCUT2D eigenvalue weighted by Gasteiger charge is -2.25. The van der Waals surface area contributed by atoms with E-state index in [2.05, 4.69) is 15.9 Å². The molecule has 0 aliphatic carbocycles. The van der Waals surface area contributed by atoms with Gasteiger partial charge in [0.1, 0.15) is 11.5 Å². The Bertz CT molecular complexity index is 1270. The van der Waals surface area contributed by atoms with E-state index in [0.717, 1.165) is 4.47 Å². The lowest BCUT2D eigenvalue weighted by atomic mass is 9.95. The number of amides is 1. The number of nitro benzene ring substituents is 1. The highest BCUT2D eigenvalue weighted by Gasteiger charge is 2.47. The molecule has 0 unspecified atom stereocenters. The second kappa shape index (κ2) is 8.87. The average molecular weight is 509 g/mol. The molecule has 0 saturated carbocycles. The van der Waals surface area contributed by atoms with Crippen LogP contribution in [0.5, 0.6) is 5.75 Å². The van der Waals surface area contributed by atoms with Gasteiger partial charge in [-0.3, -0.25) is 24.6 Å². The Morgan fingerprint density at radius 1 is 1.00 bits per heavy atom. The molecule has 0 bridgehead atoms. The second-order valence-electron chi connectivity index (χ2n) is 7.22. The van der Waals surface area contributed by atoms with Crippen LogP contribution in [0.2, 0.25) is 0 Å². The maximum Gasteiger partial charge on any atom is 0.300 e. The first-order valence-electron chi connectivity index (χ1n) is 9.77. The molecule has 1 amide bonds. The Morgan fingerprint density at radius 2 is 1.61 bits per heavy atom. The van der Waals surface area contributed by atoms with Crippen LogP contribution in [0.15, 0.2) is 82.8 Å². The molecule has 1 N–H and O–H groups in total. The van der Waals surface area contributed by atoms with E-state index in [1.165, 1.54) is 36.3 Å². The molecule has 1 aliphatic heterocycles. The van der Waals surface area contributed by atoms with Crippen molar-refractivity contribution in [2.24, 2.45) is 0 Å². The minimum Gasteiger partial charge on any atom is -0.507 e. The Balaban J connectivity index is 1.89. The minimum absolute atomic E-state index is 0.105. The normalized spacial score (nSPS) is 17.3. The van der Waals surface area contributed by atoms with Crippen LogP contribution in [-0.4, -0.2) is 28.8 Å². The Labute approximate surface area is 197 Å². The van der Waals surface area contributed by atoms with E-state index in [9.17, 15) is 24.8 Å². The lowest BCUT2D eigenvalue weighted by molar-refractivity contribution is -0.384.